The molecule has 31 heavy (non-hydrogen) atoms. The largest absolute Gasteiger partial charge is 0.350 e. The van der Waals surface area contributed by atoms with Gasteiger partial charge in [0, 0.05) is 11.9 Å². The third-order valence-corrected chi connectivity index (χ3v) is 5.51. The van der Waals surface area contributed by atoms with Crippen molar-refractivity contribution in [2.75, 3.05) is 0 Å². The molecule has 0 fully saturated rings. The Bertz CT molecular complexity index is 1330. The summed E-state index contributed by atoms with van der Waals surface area (Å²) in [5.41, 5.74) is 5.97. The lowest BCUT2D eigenvalue weighted by Gasteiger charge is -2.10. The highest BCUT2D eigenvalue weighted by atomic mass is 16.2. The molecule has 1 N–H and O–H groups in total. The van der Waals surface area contributed by atoms with Crippen LogP contribution in [0.25, 0.3) is 16.6 Å². The molecule has 4 rings (SSSR count). The highest BCUT2D eigenvalue weighted by molar-refractivity contribution is 5.82. The molecule has 7 nitrogen and oxygen atoms in total. The summed E-state index contributed by atoms with van der Waals surface area (Å²) < 4.78 is 2.83. The first-order valence-corrected chi connectivity index (χ1v) is 10.2. The van der Waals surface area contributed by atoms with Gasteiger partial charge in [0.25, 0.3) is 5.56 Å². The van der Waals surface area contributed by atoms with E-state index in [4.69, 9.17) is 0 Å². The van der Waals surface area contributed by atoms with Gasteiger partial charge >= 0.3 is 0 Å². The Morgan fingerprint density at radius 3 is 2.45 bits per heavy atom. The summed E-state index contributed by atoms with van der Waals surface area (Å²) in [6.45, 7) is 8.14. The number of carbonyl (C=O) groups excluding carboxylic acids is 1. The molecule has 0 aliphatic carbocycles. The summed E-state index contributed by atoms with van der Waals surface area (Å²) in [6, 6.07) is 13.9. The third-order valence-electron chi connectivity index (χ3n) is 5.51. The van der Waals surface area contributed by atoms with Gasteiger partial charge in [-0.2, -0.15) is 10.2 Å². The fourth-order valence-corrected chi connectivity index (χ4v) is 3.48. The molecule has 0 aliphatic heterocycles. The standard InChI is InChI=1S/C24H25N5O2/c1-15-5-8-19(9-6-15)12-25-22(30)14-28-24(31)23-21(18(4)27-28)13-26-29(23)20-10-7-16(2)17(3)11-20/h5-11,13H,12,14H2,1-4H3,(H,25,30). The lowest BCUT2D eigenvalue weighted by atomic mass is 10.1. The van der Waals surface area contributed by atoms with Gasteiger partial charge in [0.15, 0.2) is 0 Å². The number of nitrogens with zero attached hydrogens (tertiary/aromatic N) is 4. The molecule has 1 amide bonds. The number of fused-ring (bicyclic) bond motifs is 1. The number of rotatable bonds is 5. The van der Waals surface area contributed by atoms with E-state index in [9.17, 15) is 9.59 Å². The zero-order valence-corrected chi connectivity index (χ0v) is 18.1. The minimum atomic E-state index is -0.346. The van der Waals surface area contributed by atoms with Gasteiger partial charge in [0.1, 0.15) is 12.1 Å². The van der Waals surface area contributed by atoms with Crippen molar-refractivity contribution < 1.29 is 4.79 Å². The van der Waals surface area contributed by atoms with Gasteiger partial charge < -0.3 is 5.32 Å². The van der Waals surface area contributed by atoms with Crippen molar-refractivity contribution in [1.82, 2.24) is 24.9 Å². The number of hydrogen-bond donors (Lipinski definition) is 1. The first kappa shape index (κ1) is 20.5. The van der Waals surface area contributed by atoms with Crippen molar-refractivity contribution in [3.63, 3.8) is 0 Å². The topological polar surface area (TPSA) is 81.8 Å². The van der Waals surface area contributed by atoms with E-state index >= 15 is 0 Å². The first-order chi connectivity index (χ1) is 14.8. The van der Waals surface area contributed by atoms with E-state index in [2.05, 4.69) is 15.5 Å². The number of carbonyl (C=O) groups is 1. The third kappa shape index (κ3) is 4.12. The molecule has 0 bridgehead atoms. The molecule has 4 aromatic rings. The molecule has 0 atom stereocenters. The molecule has 0 saturated carbocycles. The second-order valence-electron chi connectivity index (χ2n) is 7.90. The van der Waals surface area contributed by atoms with Crippen molar-refractivity contribution in [3.05, 3.63) is 87.0 Å². The summed E-state index contributed by atoms with van der Waals surface area (Å²) >= 11 is 0. The molecule has 2 aromatic heterocycles. The molecular formula is C24H25N5O2. The molecular weight excluding hydrogens is 390 g/mol. The van der Waals surface area contributed by atoms with Crippen molar-refractivity contribution in [2.24, 2.45) is 0 Å². The van der Waals surface area contributed by atoms with E-state index in [-0.39, 0.29) is 18.0 Å². The van der Waals surface area contributed by atoms with Crippen molar-refractivity contribution >= 4 is 16.8 Å². The Kier molecular flexibility index (Phi) is 5.42. The van der Waals surface area contributed by atoms with Crippen LogP contribution in [0.3, 0.4) is 0 Å². The van der Waals surface area contributed by atoms with Crippen molar-refractivity contribution in [2.45, 2.75) is 40.8 Å². The number of nitrogens with one attached hydrogen (secondary N) is 1. The van der Waals surface area contributed by atoms with Crippen LogP contribution >= 0.6 is 0 Å². The average molecular weight is 415 g/mol. The lowest BCUT2D eigenvalue weighted by Crippen LogP contribution is -2.34. The van der Waals surface area contributed by atoms with Gasteiger partial charge in [-0.25, -0.2) is 9.36 Å². The molecule has 2 heterocycles. The van der Waals surface area contributed by atoms with Gasteiger partial charge in [-0.05, 0) is 56.5 Å². The minimum Gasteiger partial charge on any atom is -0.350 e. The van der Waals surface area contributed by atoms with Crippen LogP contribution in [-0.4, -0.2) is 25.5 Å². The molecule has 7 heteroatoms. The highest BCUT2D eigenvalue weighted by Gasteiger charge is 2.17. The summed E-state index contributed by atoms with van der Waals surface area (Å²) in [5, 5.41) is 12.3. The SMILES string of the molecule is Cc1ccc(CNC(=O)Cn2nc(C)c3cnn(-c4ccc(C)c(C)c4)c3c2=O)cc1. The Morgan fingerprint density at radius 2 is 1.74 bits per heavy atom. The maximum Gasteiger partial charge on any atom is 0.293 e. The molecule has 0 aliphatic rings. The summed E-state index contributed by atoms with van der Waals surface area (Å²) in [4.78, 5) is 25.7. The van der Waals surface area contributed by atoms with E-state index < -0.39 is 0 Å². The summed E-state index contributed by atoms with van der Waals surface area (Å²) in [6.07, 6.45) is 1.65. The van der Waals surface area contributed by atoms with E-state index in [1.165, 1.54) is 10.2 Å². The lowest BCUT2D eigenvalue weighted by molar-refractivity contribution is -0.122. The highest BCUT2D eigenvalue weighted by Crippen LogP contribution is 2.19. The number of benzene rings is 2. The Morgan fingerprint density at radius 1 is 1.00 bits per heavy atom. The van der Waals surface area contributed by atoms with Gasteiger partial charge in [-0.1, -0.05) is 35.9 Å². The quantitative estimate of drug-likeness (QED) is 0.543. The van der Waals surface area contributed by atoms with Crippen LogP contribution in [-0.2, 0) is 17.9 Å². The predicted octanol–water partition coefficient (Wildman–Crippen LogP) is 3.13. The number of aromatic nitrogens is 4. The van der Waals surface area contributed by atoms with Gasteiger partial charge in [0.05, 0.1) is 17.6 Å². The van der Waals surface area contributed by atoms with E-state index in [1.54, 1.807) is 10.9 Å². The molecule has 0 radical (unpaired) electrons. The van der Waals surface area contributed by atoms with Crippen LogP contribution < -0.4 is 10.9 Å². The van der Waals surface area contributed by atoms with Crippen LogP contribution in [0.5, 0.6) is 0 Å². The molecule has 0 unspecified atom stereocenters. The zero-order valence-electron chi connectivity index (χ0n) is 18.1. The predicted molar refractivity (Wildman–Crippen MR) is 120 cm³/mol. The summed E-state index contributed by atoms with van der Waals surface area (Å²) in [7, 11) is 0. The van der Waals surface area contributed by atoms with Crippen LogP contribution in [0, 0.1) is 27.7 Å². The first-order valence-electron chi connectivity index (χ1n) is 10.2. The van der Waals surface area contributed by atoms with Crippen molar-refractivity contribution in [1.29, 1.82) is 0 Å². The zero-order chi connectivity index (χ0) is 22.1. The van der Waals surface area contributed by atoms with E-state index in [0.717, 1.165) is 22.4 Å². The molecule has 0 saturated heterocycles. The second kappa shape index (κ2) is 8.18. The average Bonchev–Trinajstić information content (AvgIpc) is 3.19. The number of hydrogen-bond acceptors (Lipinski definition) is 4. The van der Waals surface area contributed by atoms with Crippen LogP contribution in [0.2, 0.25) is 0 Å². The van der Waals surface area contributed by atoms with Crippen LogP contribution in [0.4, 0.5) is 0 Å². The normalized spacial score (nSPS) is 11.1. The van der Waals surface area contributed by atoms with Crippen molar-refractivity contribution in [3.8, 4) is 5.69 Å². The van der Waals surface area contributed by atoms with E-state index in [1.807, 2.05) is 70.2 Å². The Balaban J connectivity index is 1.63. The van der Waals surface area contributed by atoms with Crippen LogP contribution in [0.1, 0.15) is 27.9 Å². The number of amides is 1. The molecule has 158 valence electrons. The fraction of sp³-hybridized carbons (Fsp3) is 0.250. The molecule has 2 aromatic carbocycles. The molecule has 0 spiro atoms. The maximum absolute atomic E-state index is 13.2. The Labute approximate surface area is 180 Å². The number of aryl methyl sites for hydroxylation is 4. The van der Waals surface area contributed by atoms with Crippen LogP contribution in [0.15, 0.2) is 53.5 Å². The van der Waals surface area contributed by atoms with Gasteiger partial charge in [-0.15, -0.1) is 0 Å². The maximum atomic E-state index is 13.2. The summed E-state index contributed by atoms with van der Waals surface area (Å²) in [5.74, 6) is -0.272. The second-order valence-corrected chi connectivity index (χ2v) is 7.90. The van der Waals surface area contributed by atoms with Gasteiger partial charge in [0.2, 0.25) is 5.91 Å². The monoisotopic (exact) mass is 415 g/mol. The van der Waals surface area contributed by atoms with E-state index in [0.29, 0.717) is 23.1 Å². The van der Waals surface area contributed by atoms with Gasteiger partial charge in [-0.3, -0.25) is 9.59 Å². The fourth-order valence-electron chi connectivity index (χ4n) is 3.48. The Hall–Kier alpha value is -3.74. The minimum absolute atomic E-state index is 0.153. The smallest absolute Gasteiger partial charge is 0.293 e.